The van der Waals surface area contributed by atoms with Crippen molar-refractivity contribution in [2.75, 3.05) is 5.32 Å². The number of carbonyl (C=O) groups is 1. The standard InChI is InChI=1S/C15H15NO3/c17-10-12-3-1-2-11(8-12)9-16-14-6-4-13(5-7-14)15(18)19/h1-8,16-17H,9-10H2,(H,18,19). The quantitative estimate of drug-likeness (QED) is 0.769. The lowest BCUT2D eigenvalue weighted by atomic mass is 10.1. The second-order valence-corrected chi connectivity index (χ2v) is 4.21. The lowest BCUT2D eigenvalue weighted by Crippen LogP contribution is -2.01. The Balaban J connectivity index is 1.99. The van der Waals surface area contributed by atoms with Crippen molar-refractivity contribution in [3.8, 4) is 0 Å². The van der Waals surface area contributed by atoms with Crippen molar-refractivity contribution in [1.29, 1.82) is 0 Å². The molecule has 0 atom stereocenters. The monoisotopic (exact) mass is 257 g/mol. The van der Waals surface area contributed by atoms with E-state index in [-0.39, 0.29) is 12.2 Å². The fourth-order valence-corrected chi connectivity index (χ4v) is 1.77. The molecule has 2 rings (SSSR count). The number of hydrogen-bond donors (Lipinski definition) is 3. The van der Waals surface area contributed by atoms with E-state index < -0.39 is 5.97 Å². The Bertz CT molecular complexity index is 564. The first kappa shape index (κ1) is 13.1. The van der Waals surface area contributed by atoms with Gasteiger partial charge in [-0.25, -0.2) is 4.79 Å². The fraction of sp³-hybridized carbons (Fsp3) is 0.133. The van der Waals surface area contributed by atoms with E-state index in [9.17, 15) is 4.79 Å². The average Bonchev–Trinajstić information content (AvgIpc) is 2.46. The molecule has 3 N–H and O–H groups in total. The number of benzene rings is 2. The highest BCUT2D eigenvalue weighted by Gasteiger charge is 2.01. The summed E-state index contributed by atoms with van der Waals surface area (Å²) in [5, 5.41) is 21.1. The van der Waals surface area contributed by atoms with Gasteiger partial charge in [-0.2, -0.15) is 0 Å². The Morgan fingerprint density at radius 3 is 2.37 bits per heavy atom. The molecule has 0 spiro atoms. The van der Waals surface area contributed by atoms with Crippen LogP contribution in [0.15, 0.2) is 48.5 Å². The molecule has 0 aliphatic carbocycles. The predicted octanol–water partition coefficient (Wildman–Crippen LogP) is 2.49. The number of rotatable bonds is 5. The van der Waals surface area contributed by atoms with Crippen LogP contribution in [0, 0.1) is 0 Å². The molecule has 0 aromatic heterocycles. The Morgan fingerprint density at radius 2 is 1.74 bits per heavy atom. The molecule has 0 saturated heterocycles. The molecule has 0 heterocycles. The Kier molecular flexibility index (Phi) is 4.15. The van der Waals surface area contributed by atoms with Crippen molar-refractivity contribution in [3.05, 3.63) is 65.2 Å². The van der Waals surface area contributed by atoms with Gasteiger partial charge in [-0.1, -0.05) is 24.3 Å². The first-order valence-electron chi connectivity index (χ1n) is 5.95. The fourth-order valence-electron chi connectivity index (χ4n) is 1.77. The van der Waals surface area contributed by atoms with Crippen molar-refractivity contribution in [2.24, 2.45) is 0 Å². The number of aromatic carboxylic acids is 1. The van der Waals surface area contributed by atoms with Gasteiger partial charge in [0.15, 0.2) is 0 Å². The minimum Gasteiger partial charge on any atom is -0.478 e. The molecule has 4 nitrogen and oxygen atoms in total. The highest BCUT2D eigenvalue weighted by Crippen LogP contribution is 2.12. The molecule has 98 valence electrons. The normalized spacial score (nSPS) is 10.2. The van der Waals surface area contributed by atoms with Crippen molar-refractivity contribution >= 4 is 11.7 Å². The summed E-state index contributed by atoms with van der Waals surface area (Å²) in [6.45, 7) is 0.654. The van der Waals surface area contributed by atoms with Gasteiger partial charge in [0, 0.05) is 12.2 Å². The molecule has 0 aliphatic rings. The van der Waals surface area contributed by atoms with Crippen LogP contribution in [0.25, 0.3) is 0 Å². The second-order valence-electron chi connectivity index (χ2n) is 4.21. The summed E-state index contributed by atoms with van der Waals surface area (Å²) in [7, 11) is 0. The lowest BCUT2D eigenvalue weighted by molar-refractivity contribution is 0.0697. The van der Waals surface area contributed by atoms with Gasteiger partial charge in [-0.15, -0.1) is 0 Å². The van der Waals surface area contributed by atoms with Crippen LogP contribution in [0.5, 0.6) is 0 Å². The number of carboxylic acids is 1. The van der Waals surface area contributed by atoms with Gasteiger partial charge >= 0.3 is 5.97 Å². The first-order valence-corrected chi connectivity index (χ1v) is 5.95. The number of anilines is 1. The second kappa shape index (κ2) is 6.02. The van der Waals surface area contributed by atoms with E-state index in [1.165, 1.54) is 0 Å². The van der Waals surface area contributed by atoms with E-state index in [4.69, 9.17) is 10.2 Å². The highest BCUT2D eigenvalue weighted by atomic mass is 16.4. The average molecular weight is 257 g/mol. The molecule has 0 fully saturated rings. The largest absolute Gasteiger partial charge is 0.478 e. The van der Waals surface area contributed by atoms with Crippen LogP contribution < -0.4 is 5.32 Å². The van der Waals surface area contributed by atoms with Gasteiger partial charge in [0.05, 0.1) is 12.2 Å². The number of nitrogens with one attached hydrogen (secondary N) is 1. The first-order chi connectivity index (χ1) is 9.19. The molecule has 2 aromatic rings. The van der Waals surface area contributed by atoms with E-state index >= 15 is 0 Å². The van der Waals surface area contributed by atoms with Crippen LogP contribution in [0.3, 0.4) is 0 Å². The Morgan fingerprint density at radius 1 is 1.05 bits per heavy atom. The van der Waals surface area contributed by atoms with Crippen LogP contribution in [0.4, 0.5) is 5.69 Å². The molecule has 19 heavy (non-hydrogen) atoms. The number of hydrogen-bond acceptors (Lipinski definition) is 3. The minimum absolute atomic E-state index is 0.0289. The molecule has 4 heteroatoms. The molecule has 0 amide bonds. The van der Waals surface area contributed by atoms with E-state index in [0.717, 1.165) is 16.8 Å². The van der Waals surface area contributed by atoms with Gasteiger partial charge < -0.3 is 15.5 Å². The number of aliphatic hydroxyl groups is 1. The topological polar surface area (TPSA) is 69.6 Å². The number of aliphatic hydroxyl groups excluding tert-OH is 1. The summed E-state index contributed by atoms with van der Waals surface area (Å²) in [5.74, 6) is -0.929. The third-order valence-electron chi connectivity index (χ3n) is 2.80. The molecular weight excluding hydrogens is 242 g/mol. The van der Waals surface area contributed by atoms with Crippen LogP contribution >= 0.6 is 0 Å². The van der Waals surface area contributed by atoms with Crippen molar-refractivity contribution in [3.63, 3.8) is 0 Å². The molecule has 0 bridgehead atoms. The molecule has 0 aliphatic heterocycles. The smallest absolute Gasteiger partial charge is 0.335 e. The van der Waals surface area contributed by atoms with E-state index in [1.807, 2.05) is 24.3 Å². The van der Waals surface area contributed by atoms with E-state index in [1.54, 1.807) is 24.3 Å². The lowest BCUT2D eigenvalue weighted by Gasteiger charge is -2.08. The maximum Gasteiger partial charge on any atom is 0.335 e. The number of carboxylic acid groups (broad SMARTS) is 1. The van der Waals surface area contributed by atoms with Gasteiger partial charge in [0.2, 0.25) is 0 Å². The maximum absolute atomic E-state index is 10.7. The minimum atomic E-state index is -0.929. The zero-order chi connectivity index (χ0) is 13.7. The van der Waals surface area contributed by atoms with Crippen molar-refractivity contribution in [2.45, 2.75) is 13.2 Å². The molecule has 0 unspecified atom stereocenters. The van der Waals surface area contributed by atoms with Crippen LogP contribution in [0.2, 0.25) is 0 Å². The molecule has 0 radical (unpaired) electrons. The summed E-state index contributed by atoms with van der Waals surface area (Å²) in [4.78, 5) is 10.7. The molecule has 2 aromatic carbocycles. The third kappa shape index (κ3) is 3.56. The van der Waals surface area contributed by atoms with Crippen LogP contribution in [-0.2, 0) is 13.2 Å². The van der Waals surface area contributed by atoms with Crippen molar-refractivity contribution in [1.82, 2.24) is 0 Å². The zero-order valence-electron chi connectivity index (χ0n) is 10.3. The van der Waals surface area contributed by atoms with Gasteiger partial charge in [-0.05, 0) is 35.4 Å². The Hall–Kier alpha value is -2.33. The highest BCUT2D eigenvalue weighted by molar-refractivity contribution is 5.87. The van der Waals surface area contributed by atoms with E-state index in [2.05, 4.69) is 5.32 Å². The van der Waals surface area contributed by atoms with Crippen LogP contribution in [-0.4, -0.2) is 16.2 Å². The van der Waals surface area contributed by atoms with Gasteiger partial charge in [-0.3, -0.25) is 0 Å². The van der Waals surface area contributed by atoms with Gasteiger partial charge in [0.25, 0.3) is 0 Å². The third-order valence-corrected chi connectivity index (χ3v) is 2.80. The SMILES string of the molecule is O=C(O)c1ccc(NCc2cccc(CO)c2)cc1. The summed E-state index contributed by atoms with van der Waals surface area (Å²) in [6, 6.07) is 14.3. The summed E-state index contributed by atoms with van der Waals surface area (Å²) < 4.78 is 0. The predicted molar refractivity (Wildman–Crippen MR) is 73.1 cm³/mol. The Labute approximate surface area is 111 Å². The zero-order valence-corrected chi connectivity index (χ0v) is 10.3. The van der Waals surface area contributed by atoms with Crippen molar-refractivity contribution < 1.29 is 15.0 Å². The van der Waals surface area contributed by atoms with Crippen LogP contribution in [0.1, 0.15) is 21.5 Å². The van der Waals surface area contributed by atoms with E-state index in [0.29, 0.717) is 6.54 Å². The molecule has 0 saturated carbocycles. The maximum atomic E-state index is 10.7. The summed E-state index contributed by atoms with van der Waals surface area (Å²) >= 11 is 0. The molecular formula is C15H15NO3. The van der Waals surface area contributed by atoms with Gasteiger partial charge in [0.1, 0.15) is 0 Å². The summed E-state index contributed by atoms with van der Waals surface area (Å²) in [5.41, 5.74) is 3.07. The summed E-state index contributed by atoms with van der Waals surface area (Å²) in [6.07, 6.45) is 0.